The summed E-state index contributed by atoms with van der Waals surface area (Å²) in [6.45, 7) is 3.57. The number of fused-ring (bicyclic) bond motifs is 3. The van der Waals surface area contributed by atoms with Gasteiger partial charge in [0, 0.05) is 17.4 Å². The highest BCUT2D eigenvalue weighted by atomic mass is 35.5. The van der Waals surface area contributed by atoms with Gasteiger partial charge in [-0.1, -0.05) is 11.6 Å². The SMILES string of the molecule is CCOCC1CCc2sc3ncnc(Cl)c3c21. The van der Waals surface area contributed by atoms with Crippen molar-refractivity contribution >= 4 is 33.2 Å². The minimum Gasteiger partial charge on any atom is -0.381 e. The monoisotopic (exact) mass is 268 g/mol. The summed E-state index contributed by atoms with van der Waals surface area (Å²) in [4.78, 5) is 10.8. The second kappa shape index (κ2) is 4.52. The molecule has 1 atom stereocenters. The first-order valence-corrected chi connectivity index (χ1v) is 7.00. The molecule has 0 saturated heterocycles. The van der Waals surface area contributed by atoms with E-state index in [2.05, 4.69) is 9.97 Å². The minimum atomic E-state index is 0.460. The van der Waals surface area contributed by atoms with Crippen LogP contribution < -0.4 is 0 Å². The summed E-state index contributed by atoms with van der Waals surface area (Å²) in [5, 5.41) is 1.63. The molecule has 0 amide bonds. The second-order valence-corrected chi connectivity index (χ2v) is 5.62. The summed E-state index contributed by atoms with van der Waals surface area (Å²) in [6.07, 6.45) is 3.81. The van der Waals surface area contributed by atoms with Gasteiger partial charge in [-0.3, -0.25) is 0 Å². The number of thiophene rings is 1. The van der Waals surface area contributed by atoms with Crippen molar-refractivity contribution < 1.29 is 4.74 Å². The predicted molar refractivity (Wildman–Crippen MR) is 70.0 cm³/mol. The molecule has 0 bridgehead atoms. The normalized spacial score (nSPS) is 18.8. The van der Waals surface area contributed by atoms with Crippen LogP contribution in [0.25, 0.3) is 10.2 Å². The quantitative estimate of drug-likeness (QED) is 0.800. The van der Waals surface area contributed by atoms with Gasteiger partial charge in [0.15, 0.2) is 0 Å². The molecule has 2 heterocycles. The first-order valence-electron chi connectivity index (χ1n) is 5.80. The summed E-state index contributed by atoms with van der Waals surface area (Å²) in [5.74, 6) is 0.460. The summed E-state index contributed by atoms with van der Waals surface area (Å²) < 4.78 is 5.55. The van der Waals surface area contributed by atoms with Gasteiger partial charge in [-0.15, -0.1) is 11.3 Å². The van der Waals surface area contributed by atoms with Crippen LogP contribution in [0.2, 0.25) is 5.15 Å². The average Bonchev–Trinajstić information content (AvgIpc) is 2.85. The maximum atomic E-state index is 6.20. The van der Waals surface area contributed by atoms with Gasteiger partial charge in [0.2, 0.25) is 0 Å². The van der Waals surface area contributed by atoms with Crippen LogP contribution in [0, 0.1) is 0 Å². The molecule has 0 N–H and O–H groups in total. The molecule has 2 aromatic rings. The fourth-order valence-corrected chi connectivity index (χ4v) is 3.99. The van der Waals surface area contributed by atoms with Crippen molar-refractivity contribution in [1.29, 1.82) is 0 Å². The van der Waals surface area contributed by atoms with Crippen molar-refractivity contribution in [2.75, 3.05) is 13.2 Å². The van der Waals surface area contributed by atoms with Crippen LogP contribution in [-0.2, 0) is 11.2 Å². The van der Waals surface area contributed by atoms with Crippen molar-refractivity contribution in [3.63, 3.8) is 0 Å². The van der Waals surface area contributed by atoms with E-state index in [0.29, 0.717) is 11.1 Å². The number of hydrogen-bond donors (Lipinski definition) is 0. The van der Waals surface area contributed by atoms with Crippen LogP contribution in [0.3, 0.4) is 0 Å². The molecule has 1 unspecified atom stereocenters. The third kappa shape index (κ3) is 1.84. The fourth-order valence-electron chi connectivity index (χ4n) is 2.46. The van der Waals surface area contributed by atoms with E-state index >= 15 is 0 Å². The number of nitrogens with zero attached hydrogens (tertiary/aromatic N) is 2. The van der Waals surface area contributed by atoms with E-state index in [9.17, 15) is 0 Å². The molecule has 1 aliphatic carbocycles. The number of rotatable bonds is 3. The Bertz CT molecular complexity index is 555. The van der Waals surface area contributed by atoms with E-state index in [4.69, 9.17) is 16.3 Å². The minimum absolute atomic E-state index is 0.460. The topological polar surface area (TPSA) is 35.0 Å². The Morgan fingerprint density at radius 2 is 2.41 bits per heavy atom. The lowest BCUT2D eigenvalue weighted by molar-refractivity contribution is 0.132. The lowest BCUT2D eigenvalue weighted by atomic mass is 10.0. The Labute approximate surface area is 109 Å². The van der Waals surface area contributed by atoms with Crippen molar-refractivity contribution in [3.8, 4) is 0 Å². The molecule has 1 aliphatic rings. The Balaban J connectivity index is 2.09. The Kier molecular flexibility index (Phi) is 3.03. The number of aryl methyl sites for hydroxylation is 1. The van der Waals surface area contributed by atoms with Crippen molar-refractivity contribution in [2.45, 2.75) is 25.7 Å². The first kappa shape index (κ1) is 11.4. The Morgan fingerprint density at radius 1 is 1.53 bits per heavy atom. The van der Waals surface area contributed by atoms with Gasteiger partial charge < -0.3 is 4.74 Å². The largest absolute Gasteiger partial charge is 0.381 e. The van der Waals surface area contributed by atoms with Gasteiger partial charge in [0.1, 0.15) is 16.3 Å². The van der Waals surface area contributed by atoms with Gasteiger partial charge in [-0.05, 0) is 25.3 Å². The highest BCUT2D eigenvalue weighted by molar-refractivity contribution is 7.19. The zero-order valence-electron chi connectivity index (χ0n) is 9.57. The van der Waals surface area contributed by atoms with E-state index in [1.165, 1.54) is 16.8 Å². The predicted octanol–water partition coefficient (Wildman–Crippen LogP) is 3.41. The third-order valence-corrected chi connectivity index (χ3v) is 4.67. The van der Waals surface area contributed by atoms with Crippen LogP contribution in [0.15, 0.2) is 6.33 Å². The highest BCUT2D eigenvalue weighted by Crippen LogP contribution is 2.44. The molecule has 0 spiro atoms. The van der Waals surface area contributed by atoms with Crippen LogP contribution in [0.5, 0.6) is 0 Å². The molecule has 0 radical (unpaired) electrons. The maximum absolute atomic E-state index is 6.20. The fraction of sp³-hybridized carbons (Fsp3) is 0.500. The third-order valence-electron chi connectivity index (χ3n) is 3.21. The zero-order valence-corrected chi connectivity index (χ0v) is 11.1. The van der Waals surface area contributed by atoms with Crippen LogP contribution in [0.1, 0.15) is 29.7 Å². The van der Waals surface area contributed by atoms with E-state index in [1.54, 1.807) is 11.3 Å². The molecule has 90 valence electrons. The van der Waals surface area contributed by atoms with Crippen molar-refractivity contribution in [1.82, 2.24) is 9.97 Å². The van der Waals surface area contributed by atoms with Crippen molar-refractivity contribution in [2.24, 2.45) is 0 Å². The summed E-state index contributed by atoms with van der Waals surface area (Å²) in [6, 6.07) is 0. The van der Waals surface area contributed by atoms with Crippen LogP contribution in [0.4, 0.5) is 0 Å². The smallest absolute Gasteiger partial charge is 0.141 e. The molecule has 0 aromatic carbocycles. The van der Waals surface area contributed by atoms with Gasteiger partial charge in [-0.25, -0.2) is 9.97 Å². The van der Waals surface area contributed by atoms with Crippen LogP contribution >= 0.6 is 22.9 Å². The lowest BCUT2D eigenvalue weighted by Gasteiger charge is -2.10. The Hall–Kier alpha value is -0.710. The highest BCUT2D eigenvalue weighted by Gasteiger charge is 2.29. The molecule has 3 rings (SSSR count). The van der Waals surface area contributed by atoms with E-state index in [-0.39, 0.29) is 0 Å². The summed E-state index contributed by atoms with van der Waals surface area (Å²) >= 11 is 7.94. The molecule has 0 aliphatic heterocycles. The summed E-state index contributed by atoms with van der Waals surface area (Å²) in [5.41, 5.74) is 1.34. The number of aromatic nitrogens is 2. The molecule has 5 heteroatoms. The number of halogens is 1. The maximum Gasteiger partial charge on any atom is 0.141 e. The molecule has 0 saturated carbocycles. The van der Waals surface area contributed by atoms with E-state index in [1.807, 2.05) is 6.92 Å². The molecule has 17 heavy (non-hydrogen) atoms. The Morgan fingerprint density at radius 3 is 3.24 bits per heavy atom. The molecule has 0 fully saturated rings. The second-order valence-electron chi connectivity index (χ2n) is 4.18. The van der Waals surface area contributed by atoms with Gasteiger partial charge in [0.05, 0.1) is 12.0 Å². The molecule has 2 aromatic heterocycles. The first-order chi connectivity index (χ1) is 8.31. The molecular formula is C12H13ClN2OS. The van der Waals surface area contributed by atoms with Gasteiger partial charge in [0.25, 0.3) is 0 Å². The van der Waals surface area contributed by atoms with Gasteiger partial charge >= 0.3 is 0 Å². The lowest BCUT2D eigenvalue weighted by Crippen LogP contribution is -2.04. The van der Waals surface area contributed by atoms with Gasteiger partial charge in [-0.2, -0.15) is 0 Å². The number of hydrogen-bond acceptors (Lipinski definition) is 4. The molecule has 3 nitrogen and oxygen atoms in total. The zero-order chi connectivity index (χ0) is 11.8. The number of ether oxygens (including phenoxy) is 1. The van der Waals surface area contributed by atoms with Crippen LogP contribution in [-0.4, -0.2) is 23.2 Å². The van der Waals surface area contributed by atoms with E-state index in [0.717, 1.165) is 36.3 Å². The van der Waals surface area contributed by atoms with Crippen molar-refractivity contribution in [3.05, 3.63) is 21.9 Å². The standard InChI is InChI=1S/C12H13ClN2OS/c1-2-16-5-7-3-4-8-9(7)10-11(13)14-6-15-12(10)17-8/h6-7H,2-5H2,1H3. The molecular weight excluding hydrogens is 256 g/mol. The van der Waals surface area contributed by atoms with E-state index < -0.39 is 0 Å². The summed E-state index contributed by atoms with van der Waals surface area (Å²) in [7, 11) is 0. The average molecular weight is 269 g/mol.